The van der Waals surface area contributed by atoms with Crippen LogP contribution >= 0.6 is 11.8 Å². The highest BCUT2D eigenvalue weighted by molar-refractivity contribution is 8.00. The highest BCUT2D eigenvalue weighted by atomic mass is 32.2. The van der Waals surface area contributed by atoms with E-state index in [2.05, 4.69) is 34.6 Å². The van der Waals surface area contributed by atoms with Crippen molar-refractivity contribution >= 4 is 34.2 Å². The van der Waals surface area contributed by atoms with Crippen molar-refractivity contribution in [2.24, 2.45) is 0 Å². The topological polar surface area (TPSA) is 68.5 Å². The fraction of sp³-hybridized carbons (Fsp3) is 0.421. The lowest BCUT2D eigenvalue weighted by molar-refractivity contribution is -0.120. The molecule has 1 fully saturated rings. The molecule has 0 saturated carbocycles. The Labute approximate surface area is 156 Å². The Morgan fingerprint density at radius 3 is 3.08 bits per heavy atom. The van der Waals surface area contributed by atoms with Gasteiger partial charge in [0.2, 0.25) is 5.91 Å². The summed E-state index contributed by atoms with van der Waals surface area (Å²) in [5, 5.41) is 13.2. The molecule has 1 aliphatic heterocycles. The minimum Gasteiger partial charge on any atom is -0.376 e. The second kappa shape index (κ2) is 7.25. The number of nitrogens with zero attached hydrogens (tertiary/aromatic N) is 3. The molecule has 26 heavy (non-hydrogen) atoms. The number of aromatic nitrogens is 3. The Morgan fingerprint density at radius 1 is 1.42 bits per heavy atom. The van der Waals surface area contributed by atoms with Crippen LogP contribution in [0, 0.1) is 6.92 Å². The van der Waals surface area contributed by atoms with Crippen LogP contribution in [0.2, 0.25) is 0 Å². The van der Waals surface area contributed by atoms with E-state index in [0.29, 0.717) is 6.54 Å². The molecule has 2 aromatic heterocycles. The number of pyridine rings is 1. The fourth-order valence-electron chi connectivity index (χ4n) is 3.33. The van der Waals surface area contributed by atoms with Gasteiger partial charge in [-0.25, -0.2) is 0 Å². The maximum atomic E-state index is 12.4. The molecule has 0 spiro atoms. The van der Waals surface area contributed by atoms with Gasteiger partial charge in [0.25, 0.3) is 0 Å². The summed E-state index contributed by atoms with van der Waals surface area (Å²) in [4.78, 5) is 12.4. The predicted molar refractivity (Wildman–Crippen MR) is 103 cm³/mol. The van der Waals surface area contributed by atoms with Crippen molar-refractivity contribution < 1.29 is 9.53 Å². The van der Waals surface area contributed by atoms with Gasteiger partial charge in [-0.3, -0.25) is 9.20 Å². The van der Waals surface area contributed by atoms with Crippen LogP contribution in [0.3, 0.4) is 0 Å². The molecular formula is C19H22N4O2S. The third-order valence-corrected chi connectivity index (χ3v) is 5.80. The van der Waals surface area contributed by atoms with Gasteiger partial charge in [-0.15, -0.1) is 10.2 Å². The number of para-hydroxylation sites is 1. The van der Waals surface area contributed by atoms with Crippen molar-refractivity contribution in [3.63, 3.8) is 0 Å². The summed E-state index contributed by atoms with van der Waals surface area (Å²) in [6.45, 7) is 5.34. The number of rotatable bonds is 5. The average Bonchev–Trinajstić information content (AvgIpc) is 3.30. The van der Waals surface area contributed by atoms with Crippen LogP contribution < -0.4 is 5.32 Å². The molecule has 1 N–H and O–H groups in total. The molecule has 4 rings (SSSR count). The van der Waals surface area contributed by atoms with Crippen LogP contribution in [0.4, 0.5) is 0 Å². The number of hydrogen-bond acceptors (Lipinski definition) is 5. The number of fused-ring (bicyclic) bond motifs is 3. The van der Waals surface area contributed by atoms with Gasteiger partial charge in [0.05, 0.1) is 16.9 Å². The van der Waals surface area contributed by atoms with Crippen molar-refractivity contribution in [3.05, 3.63) is 35.9 Å². The first-order valence-corrected chi connectivity index (χ1v) is 9.81. The van der Waals surface area contributed by atoms with Crippen molar-refractivity contribution in [2.75, 3.05) is 13.2 Å². The van der Waals surface area contributed by atoms with E-state index in [9.17, 15) is 4.79 Å². The molecule has 1 amide bonds. The Balaban J connectivity index is 1.55. The SMILES string of the molecule is Cc1cc2nnc(S[C@@H](C)C(=O)NC[C@H]3CCCO3)n2c2ccccc12. The quantitative estimate of drug-likeness (QED) is 0.700. The van der Waals surface area contributed by atoms with Crippen LogP contribution in [-0.4, -0.2) is 45.0 Å². The van der Waals surface area contributed by atoms with Gasteiger partial charge in [0.1, 0.15) is 0 Å². The zero-order valence-electron chi connectivity index (χ0n) is 14.9. The average molecular weight is 370 g/mol. The van der Waals surface area contributed by atoms with Gasteiger partial charge in [-0.05, 0) is 44.4 Å². The third-order valence-electron chi connectivity index (χ3n) is 4.75. The molecule has 1 aliphatic rings. The van der Waals surface area contributed by atoms with Crippen LogP contribution in [0.15, 0.2) is 35.5 Å². The zero-order valence-corrected chi connectivity index (χ0v) is 15.8. The highest BCUT2D eigenvalue weighted by Gasteiger charge is 2.21. The molecule has 1 aromatic carbocycles. The van der Waals surface area contributed by atoms with Crippen LogP contribution in [0.5, 0.6) is 0 Å². The predicted octanol–water partition coefficient (Wildman–Crippen LogP) is 2.97. The number of nitrogens with one attached hydrogen (secondary N) is 1. The molecule has 136 valence electrons. The maximum absolute atomic E-state index is 12.4. The van der Waals surface area contributed by atoms with Crippen molar-refractivity contribution in [1.82, 2.24) is 19.9 Å². The molecule has 1 saturated heterocycles. The lowest BCUT2D eigenvalue weighted by Gasteiger charge is -2.14. The van der Waals surface area contributed by atoms with E-state index >= 15 is 0 Å². The summed E-state index contributed by atoms with van der Waals surface area (Å²) >= 11 is 1.43. The first-order chi connectivity index (χ1) is 12.6. The van der Waals surface area contributed by atoms with E-state index in [1.165, 1.54) is 17.3 Å². The van der Waals surface area contributed by atoms with Gasteiger partial charge in [-0.1, -0.05) is 30.0 Å². The Kier molecular flexibility index (Phi) is 4.82. The largest absolute Gasteiger partial charge is 0.376 e. The van der Waals surface area contributed by atoms with E-state index in [4.69, 9.17) is 4.74 Å². The number of carbonyl (C=O) groups is 1. The van der Waals surface area contributed by atoms with Crippen LogP contribution in [0.1, 0.15) is 25.3 Å². The standard InChI is InChI=1S/C19H22N4O2S/c1-12-10-17-21-22-19(23(17)16-8-4-3-7-15(12)16)26-13(2)18(24)20-11-14-6-5-9-25-14/h3-4,7-8,10,13-14H,5-6,9,11H2,1-2H3,(H,20,24)/t13-,14+/m0/s1. The lowest BCUT2D eigenvalue weighted by Crippen LogP contribution is -2.36. The normalized spacial score (nSPS) is 18.5. The molecule has 0 radical (unpaired) electrons. The zero-order chi connectivity index (χ0) is 18.1. The summed E-state index contributed by atoms with van der Waals surface area (Å²) < 4.78 is 7.58. The fourth-order valence-corrected chi connectivity index (χ4v) is 4.22. The first-order valence-electron chi connectivity index (χ1n) is 8.93. The highest BCUT2D eigenvalue weighted by Crippen LogP contribution is 2.28. The smallest absolute Gasteiger partial charge is 0.233 e. The summed E-state index contributed by atoms with van der Waals surface area (Å²) in [5.74, 6) is -0.00123. The molecule has 6 nitrogen and oxygen atoms in total. The van der Waals surface area contributed by atoms with E-state index in [0.717, 1.165) is 41.2 Å². The number of hydrogen-bond donors (Lipinski definition) is 1. The molecule has 0 aliphatic carbocycles. The van der Waals surface area contributed by atoms with Crippen LogP contribution in [-0.2, 0) is 9.53 Å². The van der Waals surface area contributed by atoms with Gasteiger partial charge in [0.15, 0.2) is 10.8 Å². The number of aryl methyl sites for hydroxylation is 1. The minimum atomic E-state index is -0.260. The maximum Gasteiger partial charge on any atom is 0.233 e. The minimum absolute atomic E-state index is 0.00123. The molecular weight excluding hydrogens is 348 g/mol. The number of thioether (sulfide) groups is 1. The van der Waals surface area contributed by atoms with Gasteiger partial charge in [0, 0.05) is 18.5 Å². The second-order valence-electron chi connectivity index (χ2n) is 6.66. The number of ether oxygens (including phenoxy) is 1. The van der Waals surface area contributed by atoms with Crippen molar-refractivity contribution in [1.29, 1.82) is 0 Å². The number of amides is 1. The molecule has 2 atom stereocenters. The van der Waals surface area contributed by atoms with E-state index in [1.54, 1.807) is 0 Å². The van der Waals surface area contributed by atoms with Crippen molar-refractivity contribution in [2.45, 2.75) is 43.2 Å². The van der Waals surface area contributed by atoms with E-state index in [1.807, 2.05) is 29.5 Å². The monoisotopic (exact) mass is 370 g/mol. The first kappa shape index (κ1) is 17.3. The molecule has 0 unspecified atom stereocenters. The van der Waals surface area contributed by atoms with E-state index < -0.39 is 0 Å². The summed E-state index contributed by atoms with van der Waals surface area (Å²) in [6.07, 6.45) is 2.24. The molecule has 3 heterocycles. The van der Waals surface area contributed by atoms with Gasteiger partial charge in [-0.2, -0.15) is 0 Å². The number of benzene rings is 1. The Morgan fingerprint density at radius 2 is 2.27 bits per heavy atom. The Hall–Kier alpha value is -2.12. The summed E-state index contributed by atoms with van der Waals surface area (Å²) in [7, 11) is 0. The van der Waals surface area contributed by atoms with Gasteiger partial charge >= 0.3 is 0 Å². The Bertz CT molecular complexity index is 949. The summed E-state index contributed by atoms with van der Waals surface area (Å²) in [5.41, 5.74) is 3.03. The second-order valence-corrected chi connectivity index (χ2v) is 7.97. The number of carbonyl (C=O) groups excluding carboxylic acids is 1. The molecule has 7 heteroatoms. The van der Waals surface area contributed by atoms with Crippen LogP contribution in [0.25, 0.3) is 16.6 Å². The third kappa shape index (κ3) is 3.29. The van der Waals surface area contributed by atoms with E-state index in [-0.39, 0.29) is 17.3 Å². The van der Waals surface area contributed by atoms with Gasteiger partial charge < -0.3 is 10.1 Å². The van der Waals surface area contributed by atoms with Crippen molar-refractivity contribution in [3.8, 4) is 0 Å². The summed E-state index contributed by atoms with van der Waals surface area (Å²) in [6, 6.07) is 10.2. The molecule has 0 bridgehead atoms. The lowest BCUT2D eigenvalue weighted by atomic mass is 10.1. The molecule has 3 aromatic rings.